The van der Waals surface area contributed by atoms with Gasteiger partial charge < -0.3 is 9.67 Å². The Balaban J connectivity index is 2.46. The lowest BCUT2D eigenvalue weighted by Crippen LogP contribution is -2.12. The van der Waals surface area contributed by atoms with Crippen LogP contribution in [-0.2, 0) is 23.0 Å². The molecule has 2 rings (SSSR count). The number of aliphatic hydroxyl groups excluding tert-OH is 1. The lowest BCUT2D eigenvalue weighted by Gasteiger charge is -2.09. The van der Waals surface area contributed by atoms with Gasteiger partial charge in [0.15, 0.2) is 0 Å². The Morgan fingerprint density at radius 1 is 1.28 bits per heavy atom. The van der Waals surface area contributed by atoms with Gasteiger partial charge in [0.05, 0.1) is 25.0 Å². The van der Waals surface area contributed by atoms with Crippen LogP contribution in [0.1, 0.15) is 11.3 Å². The Morgan fingerprint density at radius 3 is 2.50 bits per heavy atom. The van der Waals surface area contributed by atoms with E-state index in [9.17, 15) is 13.5 Å². The maximum absolute atomic E-state index is 11.6. The lowest BCUT2D eigenvalue weighted by atomic mass is 10.2. The quantitative estimate of drug-likeness (QED) is 0.889. The Hall–Kier alpha value is -1.66. The van der Waals surface area contributed by atoms with E-state index in [0.717, 1.165) is 11.8 Å². The summed E-state index contributed by atoms with van der Waals surface area (Å²) in [4.78, 5) is 3.87. The predicted molar refractivity (Wildman–Crippen MR) is 66.8 cm³/mol. The average molecular weight is 266 g/mol. The molecule has 1 aromatic carbocycles. The number of benzene rings is 1. The summed E-state index contributed by atoms with van der Waals surface area (Å²) in [5.41, 5.74) is 1.44. The summed E-state index contributed by atoms with van der Waals surface area (Å²) in [6.07, 6.45) is 2.50. The van der Waals surface area contributed by atoms with Crippen LogP contribution in [0.2, 0.25) is 0 Å². The van der Waals surface area contributed by atoms with Gasteiger partial charge in [0.1, 0.15) is 0 Å². The molecular formula is C12H14N2O3S. The van der Waals surface area contributed by atoms with Crippen molar-refractivity contribution in [3.05, 3.63) is 47.8 Å². The summed E-state index contributed by atoms with van der Waals surface area (Å²) >= 11 is 0. The fraction of sp³-hybridized carbons (Fsp3) is 0.250. The van der Waals surface area contributed by atoms with Gasteiger partial charge in [-0.3, -0.25) is 0 Å². The molecule has 1 heterocycles. The molecule has 0 unspecified atom stereocenters. The summed E-state index contributed by atoms with van der Waals surface area (Å²) in [5, 5.41) is 9.20. The first kappa shape index (κ1) is 12.8. The fourth-order valence-electron chi connectivity index (χ4n) is 1.75. The van der Waals surface area contributed by atoms with Gasteiger partial charge in [-0.25, -0.2) is 13.4 Å². The van der Waals surface area contributed by atoms with E-state index in [1.54, 1.807) is 0 Å². The normalized spacial score (nSPS) is 11.7. The first-order valence-corrected chi connectivity index (χ1v) is 7.31. The minimum Gasteiger partial charge on any atom is -0.390 e. The van der Waals surface area contributed by atoms with E-state index in [1.165, 1.54) is 10.8 Å². The third-order valence-electron chi connectivity index (χ3n) is 2.58. The molecule has 96 valence electrons. The SMILES string of the molecule is CS(=O)(=O)c1ncc(CO)n1Cc1ccccc1. The molecule has 18 heavy (non-hydrogen) atoms. The molecule has 0 bridgehead atoms. The number of rotatable bonds is 4. The zero-order chi connectivity index (χ0) is 13.2. The van der Waals surface area contributed by atoms with E-state index in [4.69, 9.17) is 0 Å². The van der Waals surface area contributed by atoms with Gasteiger partial charge in [-0.2, -0.15) is 0 Å². The second-order valence-corrected chi connectivity index (χ2v) is 5.94. The van der Waals surface area contributed by atoms with Crippen molar-refractivity contribution in [3.63, 3.8) is 0 Å². The molecule has 0 amide bonds. The lowest BCUT2D eigenvalue weighted by molar-refractivity contribution is 0.270. The summed E-state index contributed by atoms with van der Waals surface area (Å²) in [5.74, 6) is 0. The van der Waals surface area contributed by atoms with Crippen LogP contribution in [0, 0.1) is 0 Å². The zero-order valence-corrected chi connectivity index (χ0v) is 10.8. The molecule has 1 aromatic heterocycles. The second-order valence-electron chi connectivity index (χ2n) is 4.03. The van der Waals surface area contributed by atoms with Crippen molar-refractivity contribution in [3.8, 4) is 0 Å². The highest BCUT2D eigenvalue weighted by atomic mass is 32.2. The number of imidazole rings is 1. The van der Waals surface area contributed by atoms with Crippen LogP contribution >= 0.6 is 0 Å². The number of sulfone groups is 1. The molecular weight excluding hydrogens is 252 g/mol. The van der Waals surface area contributed by atoms with E-state index < -0.39 is 9.84 Å². The van der Waals surface area contributed by atoms with Crippen molar-refractivity contribution in [1.29, 1.82) is 0 Å². The van der Waals surface area contributed by atoms with Crippen LogP contribution < -0.4 is 0 Å². The number of nitrogens with zero attached hydrogens (tertiary/aromatic N) is 2. The maximum Gasteiger partial charge on any atom is 0.227 e. The molecule has 0 radical (unpaired) electrons. The maximum atomic E-state index is 11.6. The van der Waals surface area contributed by atoms with Gasteiger partial charge in [0.25, 0.3) is 0 Å². The van der Waals surface area contributed by atoms with E-state index >= 15 is 0 Å². The van der Waals surface area contributed by atoms with Crippen molar-refractivity contribution >= 4 is 9.84 Å². The first-order valence-electron chi connectivity index (χ1n) is 5.41. The Bertz CT molecular complexity index is 633. The van der Waals surface area contributed by atoms with E-state index in [-0.39, 0.29) is 11.8 Å². The van der Waals surface area contributed by atoms with Gasteiger partial charge in [0.2, 0.25) is 15.0 Å². The number of aromatic nitrogens is 2. The molecule has 1 N–H and O–H groups in total. The Kier molecular flexibility index (Phi) is 3.49. The topological polar surface area (TPSA) is 72.2 Å². The smallest absolute Gasteiger partial charge is 0.227 e. The van der Waals surface area contributed by atoms with Crippen molar-refractivity contribution in [1.82, 2.24) is 9.55 Å². The van der Waals surface area contributed by atoms with Crippen molar-refractivity contribution in [2.24, 2.45) is 0 Å². The third kappa shape index (κ3) is 2.60. The number of hydrogen-bond acceptors (Lipinski definition) is 4. The molecule has 0 aliphatic heterocycles. The van der Waals surface area contributed by atoms with Gasteiger partial charge in [-0.15, -0.1) is 0 Å². The van der Waals surface area contributed by atoms with Gasteiger partial charge >= 0.3 is 0 Å². The minimum absolute atomic E-state index is 0.0181. The monoisotopic (exact) mass is 266 g/mol. The predicted octanol–water partition coefficient (Wildman–Crippen LogP) is 0.827. The molecule has 0 atom stereocenters. The van der Waals surface area contributed by atoms with Gasteiger partial charge in [-0.05, 0) is 5.56 Å². The Labute approximate surface area is 106 Å². The summed E-state index contributed by atoms with van der Waals surface area (Å²) in [7, 11) is -3.40. The molecule has 0 aliphatic carbocycles. The molecule has 6 heteroatoms. The largest absolute Gasteiger partial charge is 0.390 e. The van der Waals surface area contributed by atoms with Crippen LogP contribution in [0.15, 0.2) is 41.7 Å². The molecule has 0 saturated heterocycles. The van der Waals surface area contributed by atoms with Crippen LogP contribution in [0.3, 0.4) is 0 Å². The van der Waals surface area contributed by atoms with Crippen LogP contribution in [0.4, 0.5) is 0 Å². The number of hydrogen-bond donors (Lipinski definition) is 1. The zero-order valence-electron chi connectivity index (χ0n) is 9.94. The van der Waals surface area contributed by atoms with E-state index in [2.05, 4.69) is 4.98 Å². The summed E-state index contributed by atoms with van der Waals surface area (Å²) in [6, 6.07) is 9.44. The van der Waals surface area contributed by atoms with Gasteiger partial charge in [0, 0.05) is 6.26 Å². The molecule has 0 aliphatic rings. The first-order chi connectivity index (χ1) is 8.52. The summed E-state index contributed by atoms with van der Waals surface area (Å²) < 4.78 is 24.7. The molecule has 0 spiro atoms. The molecule has 5 nitrogen and oxygen atoms in total. The number of aliphatic hydroxyl groups is 1. The van der Waals surface area contributed by atoms with Crippen molar-refractivity contribution in [2.75, 3.05) is 6.26 Å². The fourth-order valence-corrected chi connectivity index (χ4v) is 2.58. The highest BCUT2D eigenvalue weighted by Crippen LogP contribution is 2.14. The van der Waals surface area contributed by atoms with Crippen LogP contribution in [0.25, 0.3) is 0 Å². The average Bonchev–Trinajstić information content (AvgIpc) is 2.73. The third-order valence-corrected chi connectivity index (χ3v) is 3.57. The van der Waals surface area contributed by atoms with E-state index in [0.29, 0.717) is 12.2 Å². The molecule has 0 fully saturated rings. The Morgan fingerprint density at radius 2 is 1.94 bits per heavy atom. The highest BCUT2D eigenvalue weighted by molar-refractivity contribution is 7.90. The highest BCUT2D eigenvalue weighted by Gasteiger charge is 2.18. The molecule has 2 aromatic rings. The van der Waals surface area contributed by atoms with Gasteiger partial charge in [-0.1, -0.05) is 30.3 Å². The van der Waals surface area contributed by atoms with E-state index in [1.807, 2.05) is 30.3 Å². The van der Waals surface area contributed by atoms with Crippen LogP contribution in [0.5, 0.6) is 0 Å². The standard InChI is InChI=1S/C12H14N2O3S/c1-18(16,17)12-13-7-11(9-15)14(12)8-10-5-3-2-4-6-10/h2-7,15H,8-9H2,1H3. The minimum atomic E-state index is -3.40. The summed E-state index contributed by atoms with van der Waals surface area (Å²) in [6.45, 7) is 0.133. The second kappa shape index (κ2) is 4.91. The van der Waals surface area contributed by atoms with Crippen LogP contribution in [-0.4, -0.2) is 29.3 Å². The van der Waals surface area contributed by atoms with Crippen molar-refractivity contribution in [2.45, 2.75) is 18.3 Å². The van der Waals surface area contributed by atoms with Crippen molar-refractivity contribution < 1.29 is 13.5 Å². The molecule has 0 saturated carbocycles.